The van der Waals surface area contributed by atoms with Gasteiger partial charge in [-0.05, 0) is 0 Å². The summed E-state index contributed by atoms with van der Waals surface area (Å²) < 4.78 is 0. The minimum absolute atomic E-state index is 0. The summed E-state index contributed by atoms with van der Waals surface area (Å²) in [5.74, 6) is 0. The number of carbonyl (C=O) groups excluding carboxylic acids is 1. The Hall–Kier alpha value is 0.630. The van der Waals surface area contributed by atoms with E-state index >= 15 is 0 Å². The summed E-state index contributed by atoms with van der Waals surface area (Å²) in [6, 6.07) is 0. The summed E-state index contributed by atoms with van der Waals surface area (Å²) in [4.78, 5) is 9.17. The molecule has 40 valence electrons. The molecule has 0 N–H and O–H groups in total. The minimum Gasteiger partial charge on any atom is -0.303 e. The van der Waals surface area contributed by atoms with Gasteiger partial charge in [-0.2, -0.15) is 0 Å². The smallest absolute Gasteiger partial charge is 0.119 e. The highest BCUT2D eigenvalue weighted by molar-refractivity contribution is 8.93. The average molecular weight is 220 g/mol. The highest BCUT2D eigenvalue weighted by atomic mass is 79.9. The molecule has 0 aromatic carbocycles. The molecule has 0 unspecified atom stereocenters. The van der Waals surface area contributed by atoms with Gasteiger partial charge in [0.05, 0.1) is 0 Å². The van der Waals surface area contributed by atoms with E-state index in [-0.39, 0.29) is 34.0 Å². The Kier molecular flexibility index (Phi) is 46.4. The minimum atomic E-state index is 0. The third-order valence-corrected chi connectivity index (χ3v) is 0.167. The summed E-state index contributed by atoms with van der Waals surface area (Å²) in [7, 11) is 0. The Morgan fingerprint density at radius 1 is 1.50 bits per heavy atom. The van der Waals surface area contributed by atoms with Crippen molar-refractivity contribution in [2.75, 3.05) is 0 Å². The molecule has 0 aliphatic rings. The molecule has 0 fully saturated rings. The summed E-state index contributed by atoms with van der Waals surface area (Å²) >= 11 is 0. The fraction of sp³-hybridized carbons (Fsp3) is 0.667. The molecule has 0 aromatic heterocycles. The molecule has 0 spiro atoms. The van der Waals surface area contributed by atoms with Gasteiger partial charge in [-0.15, -0.1) is 34.0 Å². The van der Waals surface area contributed by atoms with Gasteiger partial charge < -0.3 is 4.79 Å². The second-order valence-electron chi connectivity index (χ2n) is 0.575. The van der Waals surface area contributed by atoms with E-state index in [4.69, 9.17) is 0 Å². The second kappa shape index (κ2) is 17.4. The van der Waals surface area contributed by atoms with Crippen molar-refractivity contribution >= 4 is 40.2 Å². The van der Waals surface area contributed by atoms with Crippen LogP contribution in [0.15, 0.2) is 0 Å². The first-order valence-electron chi connectivity index (χ1n) is 1.35. The van der Waals surface area contributed by atoms with Crippen LogP contribution in [0.1, 0.15) is 13.3 Å². The monoisotopic (exact) mass is 218 g/mol. The fourth-order valence-electron chi connectivity index (χ4n) is 0. The van der Waals surface area contributed by atoms with E-state index in [0.717, 1.165) is 6.29 Å². The molecule has 6 heavy (non-hydrogen) atoms. The molecule has 0 saturated heterocycles. The van der Waals surface area contributed by atoms with E-state index in [1.165, 1.54) is 0 Å². The van der Waals surface area contributed by atoms with Gasteiger partial charge in [-0.1, -0.05) is 6.92 Å². The van der Waals surface area contributed by atoms with Crippen molar-refractivity contribution in [3.63, 3.8) is 0 Å². The van der Waals surface area contributed by atoms with Crippen molar-refractivity contribution in [2.45, 2.75) is 13.3 Å². The van der Waals surface area contributed by atoms with E-state index in [2.05, 4.69) is 0 Å². The predicted molar refractivity (Wildman–Crippen MR) is 37.0 cm³/mol. The molecule has 0 bridgehead atoms. The highest BCUT2D eigenvalue weighted by Crippen LogP contribution is 1.53. The van der Waals surface area contributed by atoms with Gasteiger partial charge in [0.2, 0.25) is 0 Å². The number of rotatable bonds is 1. The third-order valence-electron chi connectivity index (χ3n) is 0.167. The third kappa shape index (κ3) is 23.0. The standard InChI is InChI=1S/C3H6O.2BrH/c1-2-3-4;;/h3H,2H2,1H3;2*1H. The van der Waals surface area contributed by atoms with E-state index in [1.807, 2.05) is 6.92 Å². The normalized spacial score (nSPS) is 4.17. The molecule has 0 saturated carbocycles. The number of carbonyl (C=O) groups is 1. The molecule has 0 radical (unpaired) electrons. The Morgan fingerprint density at radius 3 is 1.67 bits per heavy atom. The average Bonchev–Trinajstić information content (AvgIpc) is 1.37. The maximum atomic E-state index is 9.17. The molecular formula is C3H8Br2O. The van der Waals surface area contributed by atoms with Crippen LogP contribution in [0.2, 0.25) is 0 Å². The molecule has 0 aliphatic carbocycles. The van der Waals surface area contributed by atoms with Crippen molar-refractivity contribution < 1.29 is 4.79 Å². The first-order chi connectivity index (χ1) is 1.91. The Morgan fingerprint density at radius 2 is 1.67 bits per heavy atom. The van der Waals surface area contributed by atoms with E-state index in [0.29, 0.717) is 6.42 Å². The van der Waals surface area contributed by atoms with Gasteiger partial charge in [0.1, 0.15) is 6.29 Å². The summed E-state index contributed by atoms with van der Waals surface area (Å²) in [6.45, 7) is 1.81. The lowest BCUT2D eigenvalue weighted by Gasteiger charge is -1.51. The zero-order valence-electron chi connectivity index (χ0n) is 3.51. The van der Waals surface area contributed by atoms with Gasteiger partial charge in [-0.25, -0.2) is 0 Å². The van der Waals surface area contributed by atoms with Gasteiger partial charge in [0.25, 0.3) is 0 Å². The molecule has 0 atom stereocenters. The zero-order chi connectivity index (χ0) is 3.41. The molecule has 0 aromatic rings. The van der Waals surface area contributed by atoms with Crippen molar-refractivity contribution in [3.05, 3.63) is 0 Å². The predicted octanol–water partition coefficient (Wildman–Crippen LogP) is 1.75. The van der Waals surface area contributed by atoms with Crippen molar-refractivity contribution in [1.29, 1.82) is 0 Å². The molecule has 0 heterocycles. The van der Waals surface area contributed by atoms with Crippen LogP contribution >= 0.6 is 34.0 Å². The Bertz CT molecular complexity index is 22.8. The van der Waals surface area contributed by atoms with E-state index in [9.17, 15) is 4.79 Å². The zero-order valence-corrected chi connectivity index (χ0v) is 6.94. The van der Waals surface area contributed by atoms with Crippen LogP contribution in [0.4, 0.5) is 0 Å². The number of halogens is 2. The van der Waals surface area contributed by atoms with Crippen LogP contribution in [0, 0.1) is 0 Å². The Balaban J connectivity index is -0.0000000450. The molecule has 0 rings (SSSR count). The van der Waals surface area contributed by atoms with Gasteiger partial charge in [0, 0.05) is 6.42 Å². The van der Waals surface area contributed by atoms with E-state index in [1.54, 1.807) is 0 Å². The first-order valence-corrected chi connectivity index (χ1v) is 1.35. The van der Waals surface area contributed by atoms with E-state index < -0.39 is 0 Å². The van der Waals surface area contributed by atoms with Crippen LogP contribution in [0.25, 0.3) is 0 Å². The maximum Gasteiger partial charge on any atom is 0.119 e. The molecular weight excluding hydrogens is 212 g/mol. The fourth-order valence-corrected chi connectivity index (χ4v) is 0. The summed E-state index contributed by atoms with van der Waals surface area (Å²) in [5, 5.41) is 0. The van der Waals surface area contributed by atoms with Crippen molar-refractivity contribution in [1.82, 2.24) is 0 Å². The molecule has 0 amide bonds. The van der Waals surface area contributed by atoms with Gasteiger partial charge in [0.15, 0.2) is 0 Å². The largest absolute Gasteiger partial charge is 0.303 e. The number of hydrogen-bond donors (Lipinski definition) is 0. The van der Waals surface area contributed by atoms with Crippen LogP contribution in [0.5, 0.6) is 0 Å². The summed E-state index contributed by atoms with van der Waals surface area (Å²) in [5.41, 5.74) is 0. The molecule has 0 aliphatic heterocycles. The topological polar surface area (TPSA) is 17.1 Å². The van der Waals surface area contributed by atoms with Gasteiger partial charge >= 0.3 is 0 Å². The number of aldehydes is 1. The van der Waals surface area contributed by atoms with Crippen molar-refractivity contribution in [2.24, 2.45) is 0 Å². The first kappa shape index (κ1) is 15.9. The molecule has 1 nitrogen and oxygen atoms in total. The quantitative estimate of drug-likeness (QED) is 0.615. The lowest BCUT2D eigenvalue weighted by Crippen LogP contribution is -1.55. The van der Waals surface area contributed by atoms with Crippen LogP contribution in [0.3, 0.4) is 0 Å². The lowest BCUT2D eigenvalue weighted by atomic mass is 10.6. The van der Waals surface area contributed by atoms with Crippen molar-refractivity contribution in [3.8, 4) is 0 Å². The SMILES string of the molecule is Br.Br.CCC=O. The van der Waals surface area contributed by atoms with Crippen LogP contribution in [-0.4, -0.2) is 6.29 Å². The lowest BCUT2D eigenvalue weighted by molar-refractivity contribution is -0.107. The Labute approximate surface area is 58.7 Å². The second-order valence-corrected chi connectivity index (χ2v) is 0.575. The summed E-state index contributed by atoms with van der Waals surface area (Å²) in [6.07, 6.45) is 1.51. The number of hydrogen-bond acceptors (Lipinski definition) is 1. The maximum absolute atomic E-state index is 9.17. The van der Waals surface area contributed by atoms with Crippen LogP contribution in [-0.2, 0) is 4.79 Å². The van der Waals surface area contributed by atoms with Crippen LogP contribution < -0.4 is 0 Å². The van der Waals surface area contributed by atoms with Gasteiger partial charge in [-0.3, -0.25) is 0 Å². The molecule has 3 heteroatoms. The highest BCUT2D eigenvalue weighted by Gasteiger charge is 1.52.